The molecule has 1 heterocycles. The average Bonchev–Trinajstić information content (AvgIpc) is 2.70. The van der Waals surface area contributed by atoms with Crippen LogP contribution in [0.25, 0.3) is 0 Å². The third-order valence-electron chi connectivity index (χ3n) is 4.45. The predicted molar refractivity (Wildman–Crippen MR) is 102 cm³/mol. The van der Waals surface area contributed by atoms with Gasteiger partial charge < -0.3 is 24.1 Å². The van der Waals surface area contributed by atoms with E-state index in [-0.39, 0.29) is 0 Å². The van der Waals surface area contributed by atoms with Crippen LogP contribution in [0, 0.1) is 0 Å². The van der Waals surface area contributed by atoms with Gasteiger partial charge in [0.05, 0.1) is 17.7 Å². The van der Waals surface area contributed by atoms with E-state index in [9.17, 15) is 4.79 Å². The summed E-state index contributed by atoms with van der Waals surface area (Å²) in [5.74, 6) is 0.678. The van der Waals surface area contributed by atoms with E-state index in [1.54, 1.807) is 0 Å². The van der Waals surface area contributed by atoms with Gasteiger partial charge in [-0.2, -0.15) is 0 Å². The highest BCUT2D eigenvalue weighted by Gasteiger charge is 2.52. The van der Waals surface area contributed by atoms with Gasteiger partial charge in [-0.25, -0.2) is 4.79 Å². The maximum Gasteiger partial charge on any atom is 0.498 e. The first-order valence-electron chi connectivity index (χ1n) is 8.95. The first-order valence-corrected chi connectivity index (χ1v) is 8.95. The zero-order valence-corrected chi connectivity index (χ0v) is 16.8. The molecule has 1 aliphatic rings. The van der Waals surface area contributed by atoms with Crippen LogP contribution in [-0.4, -0.2) is 43.2 Å². The molecule has 0 saturated carbocycles. The van der Waals surface area contributed by atoms with Crippen molar-refractivity contribution in [2.75, 3.05) is 13.2 Å². The molecular weight excluding hydrogens is 333 g/mol. The highest BCUT2D eigenvalue weighted by molar-refractivity contribution is 6.63. The first-order chi connectivity index (χ1) is 11.9. The van der Waals surface area contributed by atoms with Gasteiger partial charge in [0.2, 0.25) is 0 Å². The zero-order chi connectivity index (χ0) is 19.6. The van der Waals surface area contributed by atoms with Gasteiger partial charge in [0.1, 0.15) is 18.0 Å². The van der Waals surface area contributed by atoms with E-state index in [1.807, 2.05) is 72.7 Å². The van der Waals surface area contributed by atoms with Gasteiger partial charge in [-0.1, -0.05) is 18.2 Å². The van der Waals surface area contributed by atoms with E-state index < -0.39 is 30.0 Å². The minimum atomic E-state index is -0.520. The summed E-state index contributed by atoms with van der Waals surface area (Å²) in [6.45, 7) is 14.2. The number of rotatable bonds is 5. The fourth-order valence-electron chi connectivity index (χ4n) is 2.40. The number of nitrogens with one attached hydrogen (secondary N) is 1. The Bertz CT molecular complexity index is 623. The van der Waals surface area contributed by atoms with Crippen molar-refractivity contribution in [3.05, 3.63) is 24.3 Å². The van der Waals surface area contributed by atoms with Gasteiger partial charge >= 0.3 is 13.2 Å². The molecule has 1 saturated heterocycles. The normalized spacial score (nSPS) is 18.5. The van der Waals surface area contributed by atoms with Gasteiger partial charge in [0, 0.05) is 5.46 Å². The van der Waals surface area contributed by atoms with Crippen LogP contribution < -0.4 is 15.5 Å². The van der Waals surface area contributed by atoms with Crippen molar-refractivity contribution >= 4 is 18.7 Å². The van der Waals surface area contributed by atoms with Gasteiger partial charge in [0.25, 0.3) is 0 Å². The van der Waals surface area contributed by atoms with E-state index in [0.29, 0.717) is 18.9 Å². The van der Waals surface area contributed by atoms with Crippen LogP contribution in [0.3, 0.4) is 0 Å². The van der Waals surface area contributed by atoms with Crippen LogP contribution in [0.2, 0.25) is 0 Å². The van der Waals surface area contributed by atoms with Crippen molar-refractivity contribution in [1.82, 2.24) is 5.32 Å². The summed E-state index contributed by atoms with van der Waals surface area (Å²) in [5.41, 5.74) is -0.510. The van der Waals surface area contributed by atoms with E-state index in [2.05, 4.69) is 5.32 Å². The number of para-hydroxylation sites is 1. The van der Waals surface area contributed by atoms with Crippen LogP contribution in [0.1, 0.15) is 48.5 Å². The highest BCUT2D eigenvalue weighted by atomic mass is 16.7. The van der Waals surface area contributed by atoms with Crippen LogP contribution in [0.5, 0.6) is 5.75 Å². The lowest BCUT2D eigenvalue weighted by molar-refractivity contribution is 0.00578. The number of hydrogen-bond acceptors (Lipinski definition) is 5. The fraction of sp³-hybridized carbons (Fsp3) is 0.632. The number of amides is 1. The van der Waals surface area contributed by atoms with Crippen molar-refractivity contribution in [2.45, 2.75) is 65.3 Å². The molecule has 1 N–H and O–H groups in total. The molecule has 1 aliphatic heterocycles. The molecule has 0 radical (unpaired) electrons. The quantitative estimate of drug-likeness (QED) is 0.644. The molecule has 0 spiro atoms. The van der Waals surface area contributed by atoms with Gasteiger partial charge in [-0.15, -0.1) is 0 Å². The maximum absolute atomic E-state index is 11.7. The van der Waals surface area contributed by atoms with Crippen LogP contribution in [0.4, 0.5) is 4.79 Å². The SMILES string of the molecule is CC(C)(C)OC(=O)NCCOc1ccccc1B1OC(C)(C)C(C)(C)O1. The Balaban J connectivity index is 1.93. The van der Waals surface area contributed by atoms with E-state index >= 15 is 0 Å². The third-order valence-corrected chi connectivity index (χ3v) is 4.45. The molecule has 2 rings (SSSR count). The second kappa shape index (κ2) is 7.49. The minimum absolute atomic E-state index is 0.315. The van der Waals surface area contributed by atoms with E-state index in [1.165, 1.54) is 0 Å². The molecule has 1 fully saturated rings. The highest BCUT2D eigenvalue weighted by Crippen LogP contribution is 2.37. The minimum Gasteiger partial charge on any atom is -0.492 e. The monoisotopic (exact) mass is 363 g/mol. The summed E-state index contributed by atoms with van der Waals surface area (Å²) >= 11 is 0. The molecule has 6 nitrogen and oxygen atoms in total. The Morgan fingerprint density at radius 3 is 2.27 bits per heavy atom. The van der Waals surface area contributed by atoms with Crippen molar-refractivity contribution < 1.29 is 23.6 Å². The molecule has 26 heavy (non-hydrogen) atoms. The number of benzene rings is 1. The van der Waals surface area contributed by atoms with Crippen molar-refractivity contribution in [3.63, 3.8) is 0 Å². The lowest BCUT2D eigenvalue weighted by Crippen LogP contribution is -2.41. The second-order valence-corrected chi connectivity index (χ2v) is 8.40. The van der Waals surface area contributed by atoms with Gasteiger partial charge in [0.15, 0.2) is 0 Å². The summed E-state index contributed by atoms with van der Waals surface area (Å²) in [4.78, 5) is 11.7. The number of carbonyl (C=O) groups excluding carboxylic acids is 1. The molecule has 1 aromatic carbocycles. The van der Waals surface area contributed by atoms with Gasteiger partial charge in [-0.3, -0.25) is 0 Å². The molecule has 0 bridgehead atoms. The van der Waals surface area contributed by atoms with Crippen molar-refractivity contribution in [3.8, 4) is 5.75 Å². The van der Waals surface area contributed by atoms with Crippen molar-refractivity contribution in [1.29, 1.82) is 0 Å². The third kappa shape index (κ3) is 5.14. The smallest absolute Gasteiger partial charge is 0.492 e. The number of alkyl carbamates (subject to hydrolysis) is 1. The average molecular weight is 363 g/mol. The summed E-state index contributed by atoms with van der Waals surface area (Å²) in [6.07, 6.45) is -0.458. The maximum atomic E-state index is 11.7. The molecular formula is C19H30BNO5. The number of ether oxygens (including phenoxy) is 2. The number of carbonyl (C=O) groups is 1. The Morgan fingerprint density at radius 2 is 1.69 bits per heavy atom. The van der Waals surface area contributed by atoms with Crippen LogP contribution in [0.15, 0.2) is 24.3 Å². The molecule has 1 amide bonds. The number of hydrogen-bond donors (Lipinski definition) is 1. The topological polar surface area (TPSA) is 66.0 Å². The van der Waals surface area contributed by atoms with Crippen LogP contribution >= 0.6 is 0 Å². The Morgan fingerprint density at radius 1 is 1.12 bits per heavy atom. The molecule has 0 unspecified atom stereocenters. The first kappa shape index (κ1) is 20.6. The van der Waals surface area contributed by atoms with Gasteiger partial charge in [-0.05, 0) is 54.5 Å². The zero-order valence-electron chi connectivity index (χ0n) is 16.8. The lowest BCUT2D eigenvalue weighted by atomic mass is 9.78. The molecule has 0 atom stereocenters. The Kier molecular flexibility index (Phi) is 5.93. The van der Waals surface area contributed by atoms with Crippen molar-refractivity contribution in [2.24, 2.45) is 0 Å². The predicted octanol–water partition coefficient (Wildman–Crippen LogP) is 2.89. The van der Waals surface area contributed by atoms with E-state index in [0.717, 1.165) is 5.46 Å². The molecule has 1 aromatic rings. The molecule has 144 valence electrons. The second-order valence-electron chi connectivity index (χ2n) is 8.40. The molecule has 0 aliphatic carbocycles. The standard InChI is InChI=1S/C19H30BNO5/c1-17(2,3)24-16(22)21-12-13-23-15-11-9-8-10-14(15)20-25-18(4,5)19(6,7)26-20/h8-11H,12-13H2,1-7H3,(H,21,22). The van der Waals surface area contributed by atoms with Crippen LogP contribution in [-0.2, 0) is 14.0 Å². The fourth-order valence-corrected chi connectivity index (χ4v) is 2.40. The summed E-state index contributed by atoms with van der Waals surface area (Å²) in [7, 11) is -0.491. The summed E-state index contributed by atoms with van der Waals surface area (Å²) in [5, 5.41) is 2.68. The summed E-state index contributed by atoms with van der Waals surface area (Å²) in [6, 6.07) is 7.62. The summed E-state index contributed by atoms with van der Waals surface area (Å²) < 4.78 is 23.2. The molecule has 0 aromatic heterocycles. The Labute approximate surface area is 156 Å². The largest absolute Gasteiger partial charge is 0.498 e. The molecule has 7 heteroatoms. The Hall–Kier alpha value is -1.73. The lowest BCUT2D eigenvalue weighted by Gasteiger charge is -2.32. The van der Waals surface area contributed by atoms with E-state index in [4.69, 9.17) is 18.8 Å².